The highest BCUT2D eigenvalue weighted by atomic mass is 16.5. The highest BCUT2D eigenvalue weighted by molar-refractivity contribution is 5.92. The summed E-state index contributed by atoms with van der Waals surface area (Å²) >= 11 is 0. The number of carbonyl (C=O) groups is 1. The van der Waals surface area contributed by atoms with Crippen LogP contribution < -0.4 is 19.9 Å². The van der Waals surface area contributed by atoms with E-state index in [9.17, 15) is 4.79 Å². The van der Waals surface area contributed by atoms with E-state index in [0.29, 0.717) is 34.1 Å². The summed E-state index contributed by atoms with van der Waals surface area (Å²) in [4.78, 5) is 15.5. The van der Waals surface area contributed by atoms with E-state index >= 15 is 0 Å². The first-order chi connectivity index (χ1) is 14.5. The normalized spacial score (nSPS) is 10.9. The Labute approximate surface area is 172 Å². The molecule has 4 rings (SSSR count). The van der Waals surface area contributed by atoms with Gasteiger partial charge in [0.05, 0.1) is 27.5 Å². The molecule has 1 amide bonds. The lowest BCUT2D eigenvalue weighted by Gasteiger charge is -2.13. The number of nitrogens with zero attached hydrogens (tertiary/aromatic N) is 3. The van der Waals surface area contributed by atoms with Crippen molar-refractivity contribution >= 4 is 17.0 Å². The van der Waals surface area contributed by atoms with Crippen LogP contribution in [-0.2, 0) is 11.3 Å². The quantitative estimate of drug-likeness (QED) is 0.500. The zero-order valence-electron chi connectivity index (χ0n) is 16.7. The number of nitrogens with two attached hydrogens (primary N) is 1. The number of pyridine rings is 1. The molecule has 30 heavy (non-hydrogen) atoms. The highest BCUT2D eigenvalue weighted by Crippen LogP contribution is 2.42. The minimum atomic E-state index is -0.466. The monoisotopic (exact) mass is 408 g/mol. The van der Waals surface area contributed by atoms with E-state index in [1.807, 2.05) is 24.3 Å². The number of rotatable bonds is 7. The number of furan rings is 1. The second kappa shape index (κ2) is 7.78. The van der Waals surface area contributed by atoms with E-state index in [0.717, 1.165) is 16.7 Å². The van der Waals surface area contributed by atoms with E-state index in [-0.39, 0.29) is 6.54 Å². The number of ether oxygens (including phenoxy) is 3. The third kappa shape index (κ3) is 3.41. The second-order valence-electron chi connectivity index (χ2n) is 6.49. The van der Waals surface area contributed by atoms with E-state index in [2.05, 4.69) is 10.1 Å². The first kappa shape index (κ1) is 19.3. The Hall–Kier alpha value is -4.01. The molecule has 9 heteroatoms. The van der Waals surface area contributed by atoms with Gasteiger partial charge in [-0.3, -0.25) is 14.5 Å². The summed E-state index contributed by atoms with van der Waals surface area (Å²) in [7, 11) is 4.67. The van der Waals surface area contributed by atoms with Crippen molar-refractivity contribution in [2.75, 3.05) is 21.3 Å². The maximum atomic E-state index is 11.1. The molecule has 0 bridgehead atoms. The average Bonchev–Trinajstić information content (AvgIpc) is 3.38. The summed E-state index contributed by atoms with van der Waals surface area (Å²) in [6.07, 6.45) is 5.08. The maximum Gasteiger partial charge on any atom is 0.239 e. The van der Waals surface area contributed by atoms with E-state index < -0.39 is 5.91 Å². The van der Waals surface area contributed by atoms with Crippen LogP contribution in [0.1, 0.15) is 0 Å². The fourth-order valence-corrected chi connectivity index (χ4v) is 3.28. The van der Waals surface area contributed by atoms with Crippen LogP contribution in [0.3, 0.4) is 0 Å². The molecule has 3 aromatic heterocycles. The summed E-state index contributed by atoms with van der Waals surface area (Å²) in [5.41, 5.74) is 8.85. The molecule has 0 spiro atoms. The number of methoxy groups -OCH3 is 3. The summed E-state index contributed by atoms with van der Waals surface area (Å²) in [6, 6.07) is 7.29. The molecule has 0 fully saturated rings. The van der Waals surface area contributed by atoms with Gasteiger partial charge in [-0.1, -0.05) is 0 Å². The van der Waals surface area contributed by atoms with Crippen LogP contribution in [0.5, 0.6) is 17.2 Å². The van der Waals surface area contributed by atoms with E-state index in [4.69, 9.17) is 24.4 Å². The van der Waals surface area contributed by atoms with Crippen molar-refractivity contribution in [2.24, 2.45) is 5.73 Å². The molecule has 0 unspecified atom stereocenters. The molecule has 2 N–H and O–H groups in total. The Morgan fingerprint density at radius 1 is 1.10 bits per heavy atom. The van der Waals surface area contributed by atoms with Crippen molar-refractivity contribution in [1.29, 1.82) is 0 Å². The molecule has 4 aromatic rings. The van der Waals surface area contributed by atoms with Gasteiger partial charge in [0.1, 0.15) is 17.8 Å². The van der Waals surface area contributed by atoms with Crippen molar-refractivity contribution in [3.8, 4) is 39.7 Å². The predicted octanol–water partition coefficient (Wildman–Crippen LogP) is 2.87. The zero-order valence-corrected chi connectivity index (χ0v) is 16.7. The number of benzene rings is 1. The second-order valence-corrected chi connectivity index (χ2v) is 6.49. The molecule has 1 aromatic carbocycles. The van der Waals surface area contributed by atoms with Gasteiger partial charge in [0.15, 0.2) is 17.1 Å². The first-order valence-electron chi connectivity index (χ1n) is 9.04. The minimum absolute atomic E-state index is 0.00304. The van der Waals surface area contributed by atoms with Crippen molar-refractivity contribution < 1.29 is 23.4 Å². The number of carbonyl (C=O) groups excluding carboxylic acids is 1. The van der Waals surface area contributed by atoms with Crippen LogP contribution in [0.4, 0.5) is 0 Å². The lowest BCUT2D eigenvalue weighted by Crippen LogP contribution is -2.18. The summed E-state index contributed by atoms with van der Waals surface area (Å²) in [5, 5.41) is 4.18. The van der Waals surface area contributed by atoms with Crippen LogP contribution in [0, 0.1) is 0 Å². The number of aromatic nitrogens is 3. The van der Waals surface area contributed by atoms with Crippen LogP contribution in [0.15, 0.2) is 47.3 Å². The summed E-state index contributed by atoms with van der Waals surface area (Å²) < 4.78 is 23.9. The fraction of sp³-hybridized carbons (Fsp3) is 0.190. The number of primary amides is 1. The SMILES string of the molecule is COc1cc(-c2cc3nccc(-c4cnn(CC(N)=O)c4)c3o2)cc(OC)c1OC. The molecule has 0 aliphatic rings. The third-order valence-corrected chi connectivity index (χ3v) is 4.62. The molecular formula is C21H20N4O5. The van der Waals surface area contributed by atoms with Gasteiger partial charge in [0.25, 0.3) is 0 Å². The van der Waals surface area contributed by atoms with Crippen LogP contribution >= 0.6 is 0 Å². The van der Waals surface area contributed by atoms with Gasteiger partial charge in [-0.2, -0.15) is 5.10 Å². The third-order valence-electron chi connectivity index (χ3n) is 4.62. The molecule has 0 aliphatic heterocycles. The van der Waals surface area contributed by atoms with Crippen LogP contribution in [-0.4, -0.2) is 42.0 Å². The Morgan fingerprint density at radius 2 is 1.83 bits per heavy atom. The van der Waals surface area contributed by atoms with Crippen molar-refractivity contribution in [2.45, 2.75) is 6.54 Å². The molecule has 0 atom stereocenters. The van der Waals surface area contributed by atoms with Gasteiger partial charge in [0.2, 0.25) is 11.7 Å². The van der Waals surface area contributed by atoms with Crippen LogP contribution in [0.25, 0.3) is 33.6 Å². The Bertz CT molecular complexity index is 1200. The van der Waals surface area contributed by atoms with Gasteiger partial charge in [-0.05, 0) is 18.2 Å². The lowest BCUT2D eigenvalue weighted by molar-refractivity contribution is -0.118. The molecule has 0 radical (unpaired) electrons. The van der Waals surface area contributed by atoms with Gasteiger partial charge < -0.3 is 24.4 Å². The Balaban J connectivity index is 1.81. The summed E-state index contributed by atoms with van der Waals surface area (Å²) in [5.74, 6) is 1.67. The smallest absolute Gasteiger partial charge is 0.239 e. The number of amides is 1. The lowest BCUT2D eigenvalue weighted by atomic mass is 10.1. The van der Waals surface area contributed by atoms with Crippen molar-refractivity contribution in [3.63, 3.8) is 0 Å². The molecular weight excluding hydrogens is 388 g/mol. The summed E-state index contributed by atoms with van der Waals surface area (Å²) in [6.45, 7) is 0.00304. The number of fused-ring (bicyclic) bond motifs is 1. The molecule has 0 aliphatic carbocycles. The van der Waals surface area contributed by atoms with Crippen LogP contribution in [0.2, 0.25) is 0 Å². The molecule has 9 nitrogen and oxygen atoms in total. The van der Waals surface area contributed by atoms with E-state index in [1.54, 1.807) is 39.9 Å². The Kier molecular flexibility index (Phi) is 5.01. The largest absolute Gasteiger partial charge is 0.493 e. The topological polar surface area (TPSA) is 115 Å². The van der Waals surface area contributed by atoms with Crippen molar-refractivity contribution in [1.82, 2.24) is 14.8 Å². The Morgan fingerprint density at radius 3 is 2.47 bits per heavy atom. The number of hydrogen-bond acceptors (Lipinski definition) is 7. The van der Waals surface area contributed by atoms with Gasteiger partial charge in [0, 0.05) is 35.2 Å². The van der Waals surface area contributed by atoms with Crippen molar-refractivity contribution in [3.05, 3.63) is 42.9 Å². The van der Waals surface area contributed by atoms with Gasteiger partial charge in [-0.25, -0.2) is 0 Å². The predicted molar refractivity (Wildman–Crippen MR) is 110 cm³/mol. The van der Waals surface area contributed by atoms with Gasteiger partial charge >= 0.3 is 0 Å². The highest BCUT2D eigenvalue weighted by Gasteiger charge is 2.18. The molecule has 154 valence electrons. The number of hydrogen-bond donors (Lipinski definition) is 1. The van der Waals surface area contributed by atoms with Gasteiger partial charge in [-0.15, -0.1) is 0 Å². The fourth-order valence-electron chi connectivity index (χ4n) is 3.28. The van der Waals surface area contributed by atoms with E-state index in [1.165, 1.54) is 4.68 Å². The molecule has 0 saturated carbocycles. The maximum absolute atomic E-state index is 11.1. The molecule has 0 saturated heterocycles. The standard InChI is InChI=1S/C21H20N4O5/c1-27-17-6-12(7-18(28-2)21(17)29-3)16-8-15-20(30-16)14(4-5-23-15)13-9-24-25(10-13)11-19(22)26/h4-10H,11H2,1-3H3,(H2,22,26). The molecule has 3 heterocycles. The average molecular weight is 408 g/mol. The zero-order chi connectivity index (χ0) is 21.3. The first-order valence-corrected chi connectivity index (χ1v) is 9.04. The minimum Gasteiger partial charge on any atom is -0.493 e.